The summed E-state index contributed by atoms with van der Waals surface area (Å²) in [7, 11) is 1.50. The number of benzene rings is 1. The summed E-state index contributed by atoms with van der Waals surface area (Å²) in [5.74, 6) is 0.0282. The van der Waals surface area contributed by atoms with Crippen LogP contribution >= 0.6 is 0 Å². The number of aromatic amines is 1. The number of halogens is 1. The lowest BCUT2D eigenvalue weighted by atomic mass is 10.1. The Morgan fingerprint density at radius 2 is 2.17 bits per heavy atom. The highest BCUT2D eigenvalue weighted by atomic mass is 19.1. The maximum Gasteiger partial charge on any atom is 0.136 e. The molecule has 1 N–H and O–H groups in total. The second-order valence-corrected chi connectivity index (χ2v) is 5.32. The molecule has 0 amide bonds. The van der Waals surface area contributed by atoms with Gasteiger partial charge in [0.2, 0.25) is 0 Å². The van der Waals surface area contributed by atoms with Crippen molar-refractivity contribution in [3.8, 4) is 28.3 Å². The normalized spacial score (nSPS) is 11.1. The van der Waals surface area contributed by atoms with Gasteiger partial charge >= 0.3 is 0 Å². The van der Waals surface area contributed by atoms with E-state index < -0.39 is 5.82 Å². The van der Waals surface area contributed by atoms with Gasteiger partial charge in [-0.05, 0) is 25.1 Å². The van der Waals surface area contributed by atoms with E-state index in [9.17, 15) is 4.39 Å². The fourth-order valence-electron chi connectivity index (χ4n) is 2.70. The molecule has 0 aliphatic heterocycles. The smallest absolute Gasteiger partial charge is 0.136 e. The number of ether oxygens (including phenoxy) is 1. The fraction of sp³-hybridized carbons (Fsp3) is 0.118. The molecule has 0 saturated heterocycles. The molecule has 0 fully saturated rings. The van der Waals surface area contributed by atoms with Crippen molar-refractivity contribution in [2.75, 3.05) is 7.11 Å². The number of hydrogen-bond acceptors (Lipinski definition) is 5. The molecule has 0 aliphatic rings. The molecule has 0 unspecified atom stereocenters. The standard InChI is InChI=1S/C17H13FN4O2/c1-9-11(8-24-22-9)17-10-6-13(19-7-14(10)20-21-17)16-12(18)4-3-5-15(16)23-2/h3-8H,1-2H3,(H,20,21). The number of aromatic nitrogens is 4. The number of fused-ring (bicyclic) bond motifs is 1. The van der Waals surface area contributed by atoms with Gasteiger partial charge in [0.25, 0.3) is 0 Å². The quantitative estimate of drug-likeness (QED) is 0.621. The van der Waals surface area contributed by atoms with Crippen molar-refractivity contribution in [1.29, 1.82) is 0 Å². The minimum Gasteiger partial charge on any atom is -0.496 e. The van der Waals surface area contributed by atoms with Crippen LogP contribution in [0.3, 0.4) is 0 Å². The molecular formula is C17H13FN4O2. The Morgan fingerprint density at radius 1 is 1.29 bits per heavy atom. The molecule has 4 aromatic rings. The first-order valence-electron chi connectivity index (χ1n) is 7.27. The van der Waals surface area contributed by atoms with Gasteiger partial charge in [-0.15, -0.1) is 0 Å². The van der Waals surface area contributed by atoms with Gasteiger partial charge in [-0.25, -0.2) is 4.39 Å². The Hall–Kier alpha value is -3.22. The summed E-state index contributed by atoms with van der Waals surface area (Å²) in [6.45, 7) is 1.83. The Morgan fingerprint density at radius 3 is 2.92 bits per heavy atom. The van der Waals surface area contributed by atoms with Crippen LogP contribution in [0.2, 0.25) is 0 Å². The van der Waals surface area contributed by atoms with Gasteiger partial charge in [0, 0.05) is 5.39 Å². The van der Waals surface area contributed by atoms with Gasteiger partial charge in [0.05, 0.1) is 41.3 Å². The molecule has 120 valence electrons. The Labute approximate surface area is 136 Å². The van der Waals surface area contributed by atoms with Crippen LogP contribution in [0.25, 0.3) is 33.4 Å². The van der Waals surface area contributed by atoms with Crippen LogP contribution in [0.4, 0.5) is 4.39 Å². The monoisotopic (exact) mass is 324 g/mol. The highest BCUT2D eigenvalue weighted by Gasteiger charge is 2.17. The van der Waals surface area contributed by atoms with E-state index in [1.165, 1.54) is 19.4 Å². The molecule has 3 aromatic heterocycles. The van der Waals surface area contributed by atoms with E-state index in [0.29, 0.717) is 22.7 Å². The molecule has 7 heteroatoms. The molecule has 0 radical (unpaired) electrons. The Bertz CT molecular complexity index is 1040. The molecule has 0 bridgehead atoms. The zero-order chi connectivity index (χ0) is 16.7. The van der Waals surface area contributed by atoms with Gasteiger partial charge in [-0.1, -0.05) is 11.2 Å². The summed E-state index contributed by atoms with van der Waals surface area (Å²) in [5, 5.41) is 11.9. The summed E-state index contributed by atoms with van der Waals surface area (Å²) >= 11 is 0. The molecule has 0 atom stereocenters. The van der Waals surface area contributed by atoms with Gasteiger partial charge in [0.1, 0.15) is 23.5 Å². The van der Waals surface area contributed by atoms with Gasteiger partial charge < -0.3 is 9.26 Å². The maximum absolute atomic E-state index is 14.3. The summed E-state index contributed by atoms with van der Waals surface area (Å²) in [4.78, 5) is 4.33. The number of pyridine rings is 1. The van der Waals surface area contributed by atoms with Gasteiger partial charge in [-0.3, -0.25) is 10.1 Å². The van der Waals surface area contributed by atoms with Crippen LogP contribution in [0, 0.1) is 12.7 Å². The number of methoxy groups -OCH3 is 1. The Balaban J connectivity index is 1.95. The maximum atomic E-state index is 14.3. The molecule has 0 aliphatic carbocycles. The van der Waals surface area contributed by atoms with Crippen molar-refractivity contribution < 1.29 is 13.7 Å². The zero-order valence-corrected chi connectivity index (χ0v) is 13.0. The lowest BCUT2D eigenvalue weighted by Gasteiger charge is -2.09. The molecule has 0 spiro atoms. The third-order valence-corrected chi connectivity index (χ3v) is 3.90. The number of nitrogens with one attached hydrogen (secondary N) is 1. The van der Waals surface area contributed by atoms with Crippen LogP contribution in [0.15, 0.2) is 41.2 Å². The molecule has 1 aromatic carbocycles. The van der Waals surface area contributed by atoms with Crippen molar-refractivity contribution in [2.24, 2.45) is 0 Å². The average molecular weight is 324 g/mol. The van der Waals surface area contributed by atoms with Crippen LogP contribution in [0.1, 0.15) is 5.69 Å². The predicted molar refractivity (Wildman–Crippen MR) is 86.1 cm³/mol. The van der Waals surface area contributed by atoms with Gasteiger partial charge in [-0.2, -0.15) is 5.10 Å². The molecule has 3 heterocycles. The minimum absolute atomic E-state index is 0.316. The minimum atomic E-state index is -0.396. The third kappa shape index (κ3) is 2.13. The third-order valence-electron chi connectivity index (χ3n) is 3.90. The van der Waals surface area contributed by atoms with E-state index in [-0.39, 0.29) is 0 Å². The van der Waals surface area contributed by atoms with E-state index in [0.717, 1.165) is 22.2 Å². The fourth-order valence-corrected chi connectivity index (χ4v) is 2.70. The number of aryl methyl sites for hydroxylation is 1. The van der Waals surface area contributed by atoms with E-state index >= 15 is 0 Å². The lowest BCUT2D eigenvalue weighted by molar-refractivity contribution is 0.413. The van der Waals surface area contributed by atoms with Crippen LogP contribution in [-0.4, -0.2) is 27.4 Å². The van der Waals surface area contributed by atoms with E-state index in [2.05, 4.69) is 20.3 Å². The Kier molecular flexibility index (Phi) is 3.26. The molecule has 24 heavy (non-hydrogen) atoms. The first-order chi connectivity index (χ1) is 11.7. The highest BCUT2D eigenvalue weighted by molar-refractivity contribution is 5.95. The molecule has 4 rings (SSSR count). The lowest BCUT2D eigenvalue weighted by Crippen LogP contribution is -1.93. The van der Waals surface area contributed by atoms with Crippen LogP contribution < -0.4 is 4.74 Å². The highest BCUT2D eigenvalue weighted by Crippen LogP contribution is 2.35. The van der Waals surface area contributed by atoms with Crippen molar-refractivity contribution in [3.05, 3.63) is 48.2 Å². The largest absolute Gasteiger partial charge is 0.496 e. The average Bonchev–Trinajstić information content (AvgIpc) is 3.19. The first kappa shape index (κ1) is 14.4. The molecule has 0 saturated carbocycles. The van der Waals surface area contributed by atoms with Crippen LogP contribution in [0.5, 0.6) is 5.75 Å². The van der Waals surface area contributed by atoms with Crippen molar-refractivity contribution in [1.82, 2.24) is 20.3 Å². The summed E-state index contributed by atoms with van der Waals surface area (Å²) in [5.41, 5.74) is 3.71. The first-order valence-corrected chi connectivity index (χ1v) is 7.27. The predicted octanol–water partition coefficient (Wildman–Crippen LogP) is 3.74. The van der Waals surface area contributed by atoms with Crippen LogP contribution in [-0.2, 0) is 0 Å². The van der Waals surface area contributed by atoms with Gasteiger partial charge in [0.15, 0.2) is 0 Å². The second kappa shape index (κ2) is 5.45. The summed E-state index contributed by atoms with van der Waals surface area (Å²) < 4.78 is 24.6. The topological polar surface area (TPSA) is 76.8 Å². The molecule has 6 nitrogen and oxygen atoms in total. The number of nitrogens with zero attached hydrogens (tertiary/aromatic N) is 3. The van der Waals surface area contributed by atoms with Crippen molar-refractivity contribution in [2.45, 2.75) is 6.92 Å². The number of rotatable bonds is 3. The number of H-pyrrole nitrogens is 1. The molecular weight excluding hydrogens is 311 g/mol. The van der Waals surface area contributed by atoms with Crippen molar-refractivity contribution in [3.63, 3.8) is 0 Å². The number of hydrogen-bond donors (Lipinski definition) is 1. The van der Waals surface area contributed by atoms with E-state index in [4.69, 9.17) is 9.26 Å². The SMILES string of the molecule is COc1cccc(F)c1-c1cc2c(-c3conc3C)n[nH]c2cn1. The second-order valence-electron chi connectivity index (χ2n) is 5.32. The van der Waals surface area contributed by atoms with E-state index in [1.807, 2.05) is 6.92 Å². The van der Waals surface area contributed by atoms with E-state index in [1.54, 1.807) is 24.4 Å². The van der Waals surface area contributed by atoms with Crippen molar-refractivity contribution >= 4 is 10.9 Å². The summed E-state index contributed by atoms with van der Waals surface area (Å²) in [6.07, 6.45) is 3.16. The zero-order valence-electron chi connectivity index (χ0n) is 13.0. The summed E-state index contributed by atoms with van der Waals surface area (Å²) in [6, 6.07) is 6.45.